The summed E-state index contributed by atoms with van der Waals surface area (Å²) in [4.78, 5) is 29.2. The van der Waals surface area contributed by atoms with Crippen molar-refractivity contribution in [3.05, 3.63) is 22.4 Å². The van der Waals surface area contributed by atoms with Gasteiger partial charge in [0, 0.05) is 38.6 Å². The molecule has 2 amide bonds. The second kappa shape index (κ2) is 6.15. The van der Waals surface area contributed by atoms with Crippen molar-refractivity contribution in [2.24, 2.45) is 11.7 Å². The van der Waals surface area contributed by atoms with Crippen molar-refractivity contribution in [1.82, 2.24) is 9.80 Å². The van der Waals surface area contributed by atoms with Gasteiger partial charge in [0.15, 0.2) is 0 Å². The minimum Gasteiger partial charge on any atom is -0.338 e. The maximum Gasteiger partial charge on any atom is 0.263 e. The van der Waals surface area contributed by atoms with Gasteiger partial charge in [-0.05, 0) is 30.2 Å². The Bertz CT molecular complexity index is 517. The number of nitrogens with zero attached hydrogens (tertiary/aromatic N) is 2. The molecule has 2 atom stereocenters. The Morgan fingerprint density at radius 1 is 1.43 bits per heavy atom. The van der Waals surface area contributed by atoms with Crippen LogP contribution in [0.2, 0.25) is 0 Å². The van der Waals surface area contributed by atoms with Crippen LogP contribution in [0.25, 0.3) is 0 Å². The SMILES string of the molecule is NCCN1C(=O)CCC2CN(C(=O)c3cccs3)CCC21. The number of thiophene rings is 1. The first-order chi connectivity index (χ1) is 10.2. The minimum absolute atomic E-state index is 0.130. The van der Waals surface area contributed by atoms with E-state index in [2.05, 4.69) is 0 Å². The smallest absolute Gasteiger partial charge is 0.263 e. The quantitative estimate of drug-likeness (QED) is 0.911. The van der Waals surface area contributed by atoms with Crippen LogP contribution in [-0.4, -0.2) is 53.8 Å². The lowest BCUT2D eigenvalue weighted by Crippen LogP contribution is -2.57. The Kier molecular flexibility index (Phi) is 4.26. The number of amides is 2. The molecule has 0 aromatic carbocycles. The largest absolute Gasteiger partial charge is 0.338 e. The van der Waals surface area contributed by atoms with Gasteiger partial charge in [-0.2, -0.15) is 0 Å². The van der Waals surface area contributed by atoms with Gasteiger partial charge in [0.1, 0.15) is 0 Å². The van der Waals surface area contributed by atoms with Crippen molar-refractivity contribution in [3.8, 4) is 0 Å². The third-order valence-corrected chi connectivity index (χ3v) is 5.39. The molecule has 2 saturated heterocycles. The van der Waals surface area contributed by atoms with E-state index in [9.17, 15) is 9.59 Å². The highest BCUT2D eigenvalue weighted by molar-refractivity contribution is 7.12. The molecular formula is C15H21N3O2S. The summed E-state index contributed by atoms with van der Waals surface area (Å²) in [7, 11) is 0. The molecule has 2 fully saturated rings. The topological polar surface area (TPSA) is 66.6 Å². The molecule has 2 aliphatic heterocycles. The normalized spacial score (nSPS) is 25.9. The fourth-order valence-corrected chi connectivity index (χ4v) is 4.21. The summed E-state index contributed by atoms with van der Waals surface area (Å²) < 4.78 is 0. The zero-order valence-corrected chi connectivity index (χ0v) is 12.8. The van der Waals surface area contributed by atoms with Crippen molar-refractivity contribution < 1.29 is 9.59 Å². The van der Waals surface area contributed by atoms with E-state index in [-0.39, 0.29) is 17.9 Å². The van der Waals surface area contributed by atoms with Crippen LogP contribution in [-0.2, 0) is 4.79 Å². The molecule has 0 bridgehead atoms. The van der Waals surface area contributed by atoms with Gasteiger partial charge in [-0.3, -0.25) is 9.59 Å². The molecule has 2 unspecified atom stereocenters. The van der Waals surface area contributed by atoms with Crippen LogP contribution in [0.1, 0.15) is 28.9 Å². The molecule has 3 rings (SSSR count). The maximum absolute atomic E-state index is 12.4. The first-order valence-corrected chi connectivity index (χ1v) is 8.41. The van der Waals surface area contributed by atoms with Gasteiger partial charge in [-0.25, -0.2) is 0 Å². The second-order valence-corrected chi connectivity index (χ2v) is 6.71. The summed E-state index contributed by atoms with van der Waals surface area (Å²) in [6, 6.07) is 4.05. The zero-order valence-electron chi connectivity index (χ0n) is 12.0. The van der Waals surface area contributed by atoms with E-state index in [4.69, 9.17) is 5.73 Å². The number of likely N-dealkylation sites (tertiary alicyclic amines) is 2. The van der Waals surface area contributed by atoms with E-state index in [0.717, 1.165) is 30.8 Å². The number of carbonyl (C=O) groups excluding carboxylic acids is 2. The van der Waals surface area contributed by atoms with E-state index in [1.165, 1.54) is 11.3 Å². The minimum atomic E-state index is 0.130. The summed E-state index contributed by atoms with van der Waals surface area (Å²) in [6.07, 6.45) is 2.34. The van der Waals surface area contributed by atoms with Gasteiger partial charge >= 0.3 is 0 Å². The number of hydrogen-bond acceptors (Lipinski definition) is 4. The fraction of sp³-hybridized carbons (Fsp3) is 0.600. The number of fused-ring (bicyclic) bond motifs is 1. The van der Waals surface area contributed by atoms with Crippen LogP contribution in [0.4, 0.5) is 0 Å². The molecule has 0 spiro atoms. The third kappa shape index (κ3) is 2.82. The Morgan fingerprint density at radius 2 is 2.29 bits per heavy atom. The van der Waals surface area contributed by atoms with Crippen molar-refractivity contribution in [1.29, 1.82) is 0 Å². The van der Waals surface area contributed by atoms with E-state index in [1.54, 1.807) is 0 Å². The second-order valence-electron chi connectivity index (χ2n) is 5.76. The first-order valence-electron chi connectivity index (χ1n) is 7.53. The Labute approximate surface area is 128 Å². The Morgan fingerprint density at radius 3 is 3.00 bits per heavy atom. The summed E-state index contributed by atoms with van der Waals surface area (Å²) >= 11 is 1.49. The van der Waals surface area contributed by atoms with E-state index in [0.29, 0.717) is 25.4 Å². The molecule has 114 valence electrons. The average molecular weight is 307 g/mol. The highest BCUT2D eigenvalue weighted by Crippen LogP contribution is 2.31. The number of carbonyl (C=O) groups is 2. The van der Waals surface area contributed by atoms with E-state index < -0.39 is 0 Å². The lowest BCUT2D eigenvalue weighted by molar-refractivity contribution is -0.140. The van der Waals surface area contributed by atoms with Gasteiger partial charge in [-0.1, -0.05) is 6.07 Å². The molecule has 1 aromatic rings. The number of rotatable bonds is 3. The predicted molar refractivity (Wildman–Crippen MR) is 82.1 cm³/mol. The van der Waals surface area contributed by atoms with E-state index >= 15 is 0 Å². The monoisotopic (exact) mass is 307 g/mol. The van der Waals surface area contributed by atoms with Crippen molar-refractivity contribution in [2.45, 2.75) is 25.3 Å². The molecular weight excluding hydrogens is 286 g/mol. The molecule has 2 aliphatic rings. The number of hydrogen-bond donors (Lipinski definition) is 1. The summed E-state index contributed by atoms with van der Waals surface area (Å²) in [6.45, 7) is 2.63. The Hall–Kier alpha value is -1.40. The summed E-state index contributed by atoms with van der Waals surface area (Å²) in [5.41, 5.74) is 5.63. The fourth-order valence-electron chi connectivity index (χ4n) is 3.52. The summed E-state index contributed by atoms with van der Waals surface area (Å²) in [5.74, 6) is 0.748. The standard InChI is InChI=1S/C15H21N3O2S/c16-6-8-18-12-5-7-17(10-11(12)3-4-14(18)19)15(20)13-2-1-9-21-13/h1-2,9,11-12H,3-8,10,16H2. The van der Waals surface area contributed by atoms with Crippen LogP contribution in [0.3, 0.4) is 0 Å². The van der Waals surface area contributed by atoms with Crippen LogP contribution >= 0.6 is 11.3 Å². The highest BCUT2D eigenvalue weighted by atomic mass is 32.1. The molecule has 6 heteroatoms. The van der Waals surface area contributed by atoms with Gasteiger partial charge < -0.3 is 15.5 Å². The van der Waals surface area contributed by atoms with Crippen LogP contribution < -0.4 is 5.73 Å². The predicted octanol–water partition coefficient (Wildman–Crippen LogP) is 1.16. The molecule has 1 aromatic heterocycles. The molecule has 3 heterocycles. The molecule has 0 aliphatic carbocycles. The lowest BCUT2D eigenvalue weighted by atomic mass is 9.83. The first kappa shape index (κ1) is 14.5. The average Bonchev–Trinajstić information content (AvgIpc) is 3.03. The van der Waals surface area contributed by atoms with Crippen molar-refractivity contribution >= 4 is 23.2 Å². The van der Waals surface area contributed by atoms with Gasteiger partial charge in [0.25, 0.3) is 5.91 Å². The van der Waals surface area contributed by atoms with Crippen LogP contribution in [0, 0.1) is 5.92 Å². The van der Waals surface area contributed by atoms with Gasteiger partial charge in [-0.15, -0.1) is 11.3 Å². The number of piperidine rings is 2. The Balaban J connectivity index is 1.69. The van der Waals surface area contributed by atoms with Gasteiger partial charge in [0.2, 0.25) is 5.91 Å². The van der Waals surface area contributed by atoms with Crippen LogP contribution in [0.15, 0.2) is 17.5 Å². The van der Waals surface area contributed by atoms with Crippen molar-refractivity contribution in [3.63, 3.8) is 0 Å². The van der Waals surface area contributed by atoms with Crippen molar-refractivity contribution in [2.75, 3.05) is 26.2 Å². The maximum atomic E-state index is 12.4. The number of nitrogens with two attached hydrogens (primary N) is 1. The van der Waals surface area contributed by atoms with E-state index in [1.807, 2.05) is 27.3 Å². The van der Waals surface area contributed by atoms with Crippen LogP contribution in [0.5, 0.6) is 0 Å². The lowest BCUT2D eigenvalue weighted by Gasteiger charge is -2.47. The molecule has 0 saturated carbocycles. The highest BCUT2D eigenvalue weighted by Gasteiger charge is 2.40. The molecule has 5 nitrogen and oxygen atoms in total. The molecule has 0 radical (unpaired) electrons. The molecule has 21 heavy (non-hydrogen) atoms. The molecule has 2 N–H and O–H groups in total. The zero-order chi connectivity index (χ0) is 14.8. The summed E-state index contributed by atoms with van der Waals surface area (Å²) in [5, 5.41) is 1.93. The third-order valence-electron chi connectivity index (χ3n) is 4.53. The van der Waals surface area contributed by atoms with Gasteiger partial charge in [0.05, 0.1) is 4.88 Å².